The van der Waals surface area contributed by atoms with E-state index in [1.54, 1.807) is 18.2 Å². The first kappa shape index (κ1) is 22.4. The smallest absolute Gasteiger partial charge is 0.341 e. The summed E-state index contributed by atoms with van der Waals surface area (Å²) in [7, 11) is 0. The van der Waals surface area contributed by atoms with E-state index in [0.717, 1.165) is 10.2 Å². The zero-order valence-electron chi connectivity index (χ0n) is 15.6. The second-order valence-corrected chi connectivity index (χ2v) is 8.70. The van der Waals surface area contributed by atoms with Crippen molar-refractivity contribution in [2.75, 3.05) is 13.2 Å². The van der Waals surface area contributed by atoms with Crippen molar-refractivity contribution in [3.8, 4) is 11.5 Å². The van der Waals surface area contributed by atoms with E-state index in [4.69, 9.17) is 14.6 Å². The normalized spacial score (nSPS) is 16.0. The van der Waals surface area contributed by atoms with Crippen molar-refractivity contribution in [1.29, 1.82) is 0 Å². The molecule has 2 aromatic carbocycles. The zero-order chi connectivity index (χ0) is 21.7. The number of aliphatic carboxylic acids is 1. The number of amidine groups is 1. The molecule has 1 amide bonds. The second-order valence-electron chi connectivity index (χ2n) is 5.90. The summed E-state index contributed by atoms with van der Waals surface area (Å²) in [5.41, 5.74) is 1.42. The third kappa shape index (κ3) is 5.87. The van der Waals surface area contributed by atoms with Gasteiger partial charge in [0.15, 0.2) is 23.3 Å². The standard InChI is InChI=1S/C20H16Br2N2O5S/c1-2-28-15-8-11(7-14(22)18(15)29-10-17(25)26)9-16-19(27)24-20(30-16)23-13-5-3-12(21)4-6-13/h3-9H,2,10H2,1H3,(H,25,26)(H,23,24,27)/b16-9+. The van der Waals surface area contributed by atoms with Crippen LogP contribution in [0.25, 0.3) is 6.08 Å². The number of amides is 1. The van der Waals surface area contributed by atoms with Crippen molar-refractivity contribution in [3.05, 3.63) is 55.8 Å². The van der Waals surface area contributed by atoms with Crippen LogP contribution < -0.4 is 14.8 Å². The number of halogens is 2. The minimum absolute atomic E-state index is 0.254. The Morgan fingerprint density at radius 3 is 2.63 bits per heavy atom. The van der Waals surface area contributed by atoms with Gasteiger partial charge in [-0.05, 0) is 82.7 Å². The summed E-state index contributed by atoms with van der Waals surface area (Å²) >= 11 is 7.99. The van der Waals surface area contributed by atoms with Gasteiger partial charge in [-0.3, -0.25) is 4.79 Å². The summed E-state index contributed by atoms with van der Waals surface area (Å²) in [5.74, 6) is -0.669. The van der Waals surface area contributed by atoms with E-state index < -0.39 is 12.6 Å². The Balaban J connectivity index is 1.85. The largest absolute Gasteiger partial charge is 0.490 e. The quantitative estimate of drug-likeness (QED) is 0.468. The first-order valence-electron chi connectivity index (χ1n) is 8.71. The Bertz CT molecular complexity index is 1040. The number of aliphatic imine (C=N–C) groups is 1. The van der Waals surface area contributed by atoms with Crippen LogP contribution in [0.2, 0.25) is 0 Å². The van der Waals surface area contributed by atoms with Crippen LogP contribution in [-0.4, -0.2) is 35.4 Å². The maximum Gasteiger partial charge on any atom is 0.341 e. The summed E-state index contributed by atoms with van der Waals surface area (Å²) in [6, 6.07) is 10.8. The van der Waals surface area contributed by atoms with Crippen molar-refractivity contribution >= 4 is 72.4 Å². The molecule has 3 rings (SSSR count). The molecule has 0 atom stereocenters. The van der Waals surface area contributed by atoms with E-state index in [-0.39, 0.29) is 5.91 Å². The lowest BCUT2D eigenvalue weighted by Gasteiger charge is -2.13. The predicted octanol–water partition coefficient (Wildman–Crippen LogP) is 4.97. The van der Waals surface area contributed by atoms with Crippen molar-refractivity contribution in [2.24, 2.45) is 4.99 Å². The molecule has 30 heavy (non-hydrogen) atoms. The summed E-state index contributed by atoms with van der Waals surface area (Å²) in [6.45, 7) is 1.69. The number of hydrogen-bond acceptors (Lipinski definition) is 6. The molecule has 1 saturated heterocycles. The number of nitrogens with one attached hydrogen (secondary N) is 1. The van der Waals surface area contributed by atoms with Crippen LogP contribution in [0, 0.1) is 0 Å². The molecule has 10 heteroatoms. The van der Waals surface area contributed by atoms with Gasteiger partial charge in [0.1, 0.15) is 0 Å². The van der Waals surface area contributed by atoms with Crippen molar-refractivity contribution in [2.45, 2.75) is 6.92 Å². The van der Waals surface area contributed by atoms with E-state index in [1.807, 2.05) is 31.2 Å². The highest BCUT2D eigenvalue weighted by atomic mass is 79.9. The van der Waals surface area contributed by atoms with Crippen molar-refractivity contribution < 1.29 is 24.2 Å². The molecule has 1 heterocycles. The molecule has 0 aliphatic carbocycles. The number of hydrogen-bond donors (Lipinski definition) is 2. The molecule has 2 N–H and O–H groups in total. The summed E-state index contributed by atoms with van der Waals surface area (Å²) in [6.07, 6.45) is 1.71. The number of carboxylic acid groups (broad SMARTS) is 1. The second kappa shape index (κ2) is 10.1. The van der Waals surface area contributed by atoms with Gasteiger partial charge in [-0.2, -0.15) is 0 Å². The van der Waals surface area contributed by atoms with Gasteiger partial charge in [0.2, 0.25) is 0 Å². The molecule has 0 saturated carbocycles. The Morgan fingerprint density at radius 2 is 1.97 bits per heavy atom. The first-order valence-corrected chi connectivity index (χ1v) is 11.1. The zero-order valence-corrected chi connectivity index (χ0v) is 19.6. The van der Waals surface area contributed by atoms with Gasteiger partial charge in [-0.15, -0.1) is 0 Å². The highest BCUT2D eigenvalue weighted by Crippen LogP contribution is 2.38. The lowest BCUT2D eigenvalue weighted by molar-refractivity contribution is -0.139. The fourth-order valence-corrected chi connectivity index (χ4v) is 4.15. The molecule has 0 spiro atoms. The summed E-state index contributed by atoms with van der Waals surface area (Å²) in [5, 5.41) is 12.1. The average Bonchev–Trinajstić information content (AvgIpc) is 3.02. The van der Waals surface area contributed by atoms with Crippen LogP contribution in [0.3, 0.4) is 0 Å². The van der Waals surface area contributed by atoms with Crippen LogP contribution in [0.5, 0.6) is 11.5 Å². The highest BCUT2D eigenvalue weighted by Gasteiger charge is 2.24. The molecule has 0 unspecified atom stereocenters. The van der Waals surface area contributed by atoms with Gasteiger partial charge in [0.25, 0.3) is 5.91 Å². The van der Waals surface area contributed by atoms with E-state index in [2.05, 4.69) is 42.2 Å². The lowest BCUT2D eigenvalue weighted by atomic mass is 10.2. The molecule has 0 bridgehead atoms. The van der Waals surface area contributed by atoms with E-state index in [1.165, 1.54) is 11.8 Å². The third-order valence-electron chi connectivity index (χ3n) is 3.68. The van der Waals surface area contributed by atoms with Crippen LogP contribution in [0.15, 0.2) is 55.2 Å². The van der Waals surface area contributed by atoms with Gasteiger partial charge in [0, 0.05) is 4.47 Å². The van der Waals surface area contributed by atoms with Gasteiger partial charge in [0.05, 0.1) is 21.7 Å². The predicted molar refractivity (Wildman–Crippen MR) is 123 cm³/mol. The topological polar surface area (TPSA) is 97.2 Å². The Morgan fingerprint density at radius 1 is 1.23 bits per heavy atom. The average molecular weight is 556 g/mol. The van der Waals surface area contributed by atoms with Crippen LogP contribution in [0.1, 0.15) is 12.5 Å². The number of carbonyl (C=O) groups is 2. The number of carbonyl (C=O) groups excluding carboxylic acids is 1. The number of benzene rings is 2. The van der Waals surface area contributed by atoms with Crippen molar-refractivity contribution in [3.63, 3.8) is 0 Å². The van der Waals surface area contributed by atoms with E-state index >= 15 is 0 Å². The maximum atomic E-state index is 12.4. The Kier molecular flexibility index (Phi) is 7.57. The number of thioether (sulfide) groups is 1. The SMILES string of the molecule is CCOc1cc(/C=C2/SC(=Nc3ccc(Br)cc3)NC2=O)cc(Br)c1OCC(=O)O. The molecule has 156 valence electrons. The third-order valence-corrected chi connectivity index (χ3v) is 5.71. The molecule has 1 aliphatic rings. The maximum absolute atomic E-state index is 12.4. The molecular formula is C20H16Br2N2O5S. The Labute approximate surface area is 193 Å². The van der Waals surface area contributed by atoms with E-state index in [9.17, 15) is 9.59 Å². The minimum atomic E-state index is -1.09. The molecule has 1 aliphatic heterocycles. The molecule has 0 aromatic heterocycles. The first-order chi connectivity index (χ1) is 14.4. The molecule has 0 radical (unpaired) electrons. The number of carboxylic acids is 1. The fourth-order valence-electron chi connectivity index (χ4n) is 2.47. The fraction of sp³-hybridized carbons (Fsp3) is 0.150. The van der Waals surface area contributed by atoms with Gasteiger partial charge < -0.3 is 19.9 Å². The number of ether oxygens (including phenoxy) is 2. The molecule has 1 fully saturated rings. The molecule has 2 aromatic rings. The minimum Gasteiger partial charge on any atom is -0.490 e. The lowest BCUT2D eigenvalue weighted by Crippen LogP contribution is -2.19. The van der Waals surface area contributed by atoms with Crippen LogP contribution in [-0.2, 0) is 9.59 Å². The van der Waals surface area contributed by atoms with Gasteiger partial charge >= 0.3 is 5.97 Å². The monoisotopic (exact) mass is 554 g/mol. The molecular weight excluding hydrogens is 540 g/mol. The van der Waals surface area contributed by atoms with Gasteiger partial charge in [-0.25, -0.2) is 9.79 Å². The van der Waals surface area contributed by atoms with Gasteiger partial charge in [-0.1, -0.05) is 15.9 Å². The van der Waals surface area contributed by atoms with Crippen LogP contribution >= 0.6 is 43.6 Å². The number of nitrogens with zero attached hydrogens (tertiary/aromatic N) is 1. The van der Waals surface area contributed by atoms with Crippen LogP contribution in [0.4, 0.5) is 5.69 Å². The highest BCUT2D eigenvalue weighted by molar-refractivity contribution is 9.10. The Hall–Kier alpha value is -2.30. The number of rotatable bonds is 7. The van der Waals surface area contributed by atoms with Crippen molar-refractivity contribution in [1.82, 2.24) is 5.32 Å². The molecule has 7 nitrogen and oxygen atoms in total. The summed E-state index contributed by atoms with van der Waals surface area (Å²) < 4.78 is 12.4. The summed E-state index contributed by atoms with van der Waals surface area (Å²) in [4.78, 5) is 28.1. The van der Waals surface area contributed by atoms with E-state index in [0.29, 0.717) is 38.2 Å².